The van der Waals surface area contributed by atoms with E-state index in [1.54, 1.807) is 0 Å². The number of amides is 1. The van der Waals surface area contributed by atoms with Gasteiger partial charge in [0.15, 0.2) is 11.5 Å². The molecule has 0 bridgehead atoms. The molecule has 0 aromatic heterocycles. The largest absolute Gasteiger partial charge is 0.454 e. The van der Waals surface area contributed by atoms with Gasteiger partial charge in [-0.05, 0) is 36.5 Å². The number of benzene rings is 1. The first-order chi connectivity index (χ1) is 11.2. The van der Waals surface area contributed by atoms with Crippen LogP contribution in [0.5, 0.6) is 11.5 Å². The number of carbonyl (C=O) groups is 1. The van der Waals surface area contributed by atoms with Gasteiger partial charge in [-0.25, -0.2) is 0 Å². The van der Waals surface area contributed by atoms with E-state index in [9.17, 15) is 9.90 Å². The minimum Gasteiger partial charge on any atom is -0.454 e. The highest BCUT2D eigenvalue weighted by Crippen LogP contribution is 2.38. The van der Waals surface area contributed by atoms with Crippen molar-refractivity contribution in [3.63, 3.8) is 0 Å². The third-order valence-electron chi connectivity index (χ3n) is 5.22. The lowest BCUT2D eigenvalue weighted by Crippen LogP contribution is -2.45. The molecule has 0 unspecified atom stereocenters. The van der Waals surface area contributed by atoms with Gasteiger partial charge >= 0.3 is 0 Å². The van der Waals surface area contributed by atoms with Crippen LogP contribution < -0.4 is 9.47 Å². The van der Waals surface area contributed by atoms with Crippen molar-refractivity contribution in [2.75, 3.05) is 19.9 Å². The molecule has 124 valence electrons. The van der Waals surface area contributed by atoms with E-state index in [-0.39, 0.29) is 18.6 Å². The SMILES string of the molecule is O=C(CCC1CC1)N1CC[C@@H](c2ccc3c(c2)OCO3)[C@H](O)C1. The van der Waals surface area contributed by atoms with Crippen molar-refractivity contribution >= 4 is 5.91 Å². The summed E-state index contributed by atoms with van der Waals surface area (Å²) in [6.45, 7) is 1.41. The predicted octanol–water partition coefficient (Wildman–Crippen LogP) is 2.28. The molecule has 0 spiro atoms. The van der Waals surface area contributed by atoms with Crippen molar-refractivity contribution in [2.24, 2.45) is 5.92 Å². The molecule has 5 heteroatoms. The van der Waals surface area contributed by atoms with Gasteiger partial charge in [-0.1, -0.05) is 18.9 Å². The first-order valence-electron chi connectivity index (χ1n) is 8.56. The molecule has 2 atom stereocenters. The second-order valence-corrected chi connectivity index (χ2v) is 6.90. The molecule has 5 nitrogen and oxygen atoms in total. The highest BCUT2D eigenvalue weighted by Gasteiger charge is 2.32. The van der Waals surface area contributed by atoms with E-state index in [0.717, 1.165) is 42.4 Å². The number of rotatable bonds is 4. The molecule has 2 heterocycles. The Labute approximate surface area is 136 Å². The van der Waals surface area contributed by atoms with Crippen LogP contribution in [0, 0.1) is 5.92 Å². The fourth-order valence-corrected chi connectivity index (χ4v) is 3.58. The second kappa shape index (κ2) is 6.04. The van der Waals surface area contributed by atoms with Gasteiger partial charge in [-0.3, -0.25) is 4.79 Å². The third kappa shape index (κ3) is 3.15. The molecular weight excluding hydrogens is 294 g/mol. The number of piperidine rings is 1. The first kappa shape index (κ1) is 14.8. The van der Waals surface area contributed by atoms with Gasteiger partial charge in [-0.15, -0.1) is 0 Å². The number of nitrogens with zero attached hydrogens (tertiary/aromatic N) is 1. The summed E-state index contributed by atoms with van der Waals surface area (Å²) < 4.78 is 10.7. The van der Waals surface area contributed by atoms with E-state index >= 15 is 0 Å². The van der Waals surface area contributed by atoms with Gasteiger partial charge in [0.25, 0.3) is 0 Å². The molecule has 0 radical (unpaired) electrons. The van der Waals surface area contributed by atoms with Crippen molar-refractivity contribution in [1.29, 1.82) is 0 Å². The molecule has 1 aliphatic carbocycles. The summed E-state index contributed by atoms with van der Waals surface area (Å²) in [6.07, 6.45) is 4.47. The average Bonchev–Trinajstić information content (AvgIpc) is 3.27. The van der Waals surface area contributed by atoms with Crippen LogP contribution in [-0.4, -0.2) is 41.9 Å². The van der Waals surface area contributed by atoms with Crippen LogP contribution in [0.4, 0.5) is 0 Å². The van der Waals surface area contributed by atoms with Gasteiger partial charge in [0.05, 0.1) is 6.10 Å². The predicted molar refractivity (Wildman–Crippen MR) is 84.5 cm³/mol. The quantitative estimate of drug-likeness (QED) is 0.925. The number of fused-ring (bicyclic) bond motifs is 1. The molecule has 4 rings (SSSR count). The van der Waals surface area contributed by atoms with Crippen molar-refractivity contribution in [2.45, 2.75) is 44.1 Å². The number of aliphatic hydroxyl groups excluding tert-OH is 1. The zero-order valence-electron chi connectivity index (χ0n) is 13.2. The fraction of sp³-hybridized carbons (Fsp3) is 0.611. The van der Waals surface area contributed by atoms with Crippen molar-refractivity contribution in [3.8, 4) is 11.5 Å². The monoisotopic (exact) mass is 317 g/mol. The van der Waals surface area contributed by atoms with Crippen LogP contribution in [0.25, 0.3) is 0 Å². The summed E-state index contributed by atoms with van der Waals surface area (Å²) in [4.78, 5) is 14.1. The maximum atomic E-state index is 12.3. The Kier molecular flexibility index (Phi) is 3.89. The minimum absolute atomic E-state index is 0.0528. The maximum absolute atomic E-state index is 12.3. The molecule has 3 aliphatic rings. The lowest BCUT2D eigenvalue weighted by atomic mass is 9.86. The van der Waals surface area contributed by atoms with Gasteiger partial charge in [0.2, 0.25) is 12.7 Å². The molecule has 1 N–H and O–H groups in total. The van der Waals surface area contributed by atoms with Gasteiger partial charge < -0.3 is 19.5 Å². The summed E-state index contributed by atoms with van der Waals surface area (Å²) >= 11 is 0. The van der Waals surface area contributed by atoms with Crippen LogP contribution in [0.1, 0.15) is 43.6 Å². The summed E-state index contributed by atoms with van der Waals surface area (Å²) in [7, 11) is 0. The van der Waals surface area contributed by atoms with Gasteiger partial charge in [0.1, 0.15) is 0 Å². The minimum atomic E-state index is -0.519. The highest BCUT2D eigenvalue weighted by atomic mass is 16.7. The normalized spacial score (nSPS) is 26.4. The Morgan fingerprint density at radius 3 is 2.83 bits per heavy atom. The summed E-state index contributed by atoms with van der Waals surface area (Å²) in [5, 5.41) is 10.5. The Morgan fingerprint density at radius 2 is 2.04 bits per heavy atom. The molecule has 1 aromatic rings. The molecule has 1 saturated heterocycles. The van der Waals surface area contributed by atoms with E-state index in [1.165, 1.54) is 12.8 Å². The fourth-order valence-electron chi connectivity index (χ4n) is 3.58. The second-order valence-electron chi connectivity index (χ2n) is 6.90. The van der Waals surface area contributed by atoms with E-state index in [1.807, 2.05) is 23.1 Å². The number of hydrogen-bond donors (Lipinski definition) is 1. The zero-order chi connectivity index (χ0) is 15.8. The average molecular weight is 317 g/mol. The Morgan fingerprint density at radius 1 is 1.22 bits per heavy atom. The van der Waals surface area contributed by atoms with Crippen molar-refractivity contribution < 1.29 is 19.4 Å². The number of carbonyl (C=O) groups excluding carboxylic acids is 1. The molecular formula is C18H23NO4. The lowest BCUT2D eigenvalue weighted by Gasteiger charge is -2.36. The number of likely N-dealkylation sites (tertiary alicyclic amines) is 1. The van der Waals surface area contributed by atoms with Gasteiger partial charge in [-0.2, -0.15) is 0 Å². The van der Waals surface area contributed by atoms with E-state index in [2.05, 4.69) is 0 Å². The number of hydrogen-bond acceptors (Lipinski definition) is 4. The Hall–Kier alpha value is -1.75. The Balaban J connectivity index is 1.38. The summed E-state index contributed by atoms with van der Waals surface area (Å²) in [5.41, 5.74) is 1.06. The first-order valence-corrected chi connectivity index (χ1v) is 8.56. The van der Waals surface area contributed by atoms with Crippen molar-refractivity contribution in [3.05, 3.63) is 23.8 Å². The molecule has 2 fully saturated rings. The van der Waals surface area contributed by atoms with Crippen LogP contribution >= 0.6 is 0 Å². The van der Waals surface area contributed by atoms with Crippen LogP contribution in [-0.2, 0) is 4.79 Å². The van der Waals surface area contributed by atoms with Crippen molar-refractivity contribution in [1.82, 2.24) is 4.90 Å². The van der Waals surface area contributed by atoms with Crippen LogP contribution in [0.2, 0.25) is 0 Å². The molecule has 2 aliphatic heterocycles. The lowest BCUT2D eigenvalue weighted by molar-refractivity contribution is -0.134. The summed E-state index contributed by atoms with van der Waals surface area (Å²) in [5.74, 6) is 2.53. The maximum Gasteiger partial charge on any atom is 0.231 e. The molecule has 23 heavy (non-hydrogen) atoms. The number of ether oxygens (including phenoxy) is 2. The van der Waals surface area contributed by atoms with Crippen LogP contribution in [0.3, 0.4) is 0 Å². The standard InChI is InChI=1S/C18H23NO4/c20-15-10-19(18(21)6-3-12-1-2-12)8-7-14(15)13-4-5-16-17(9-13)23-11-22-16/h4-5,9,12,14-15,20H,1-3,6-8,10-11H2/t14-,15+/m0/s1. The van der Waals surface area contributed by atoms with Gasteiger partial charge in [0, 0.05) is 25.4 Å². The molecule has 1 amide bonds. The smallest absolute Gasteiger partial charge is 0.231 e. The molecule has 1 saturated carbocycles. The molecule has 1 aromatic carbocycles. The van der Waals surface area contributed by atoms with E-state index < -0.39 is 6.10 Å². The third-order valence-corrected chi connectivity index (χ3v) is 5.22. The Bertz CT molecular complexity index is 599. The zero-order valence-corrected chi connectivity index (χ0v) is 13.2. The number of β-amino-alcohol motifs (C(OH)–C–C–N with tert-alkyl or cyclic N) is 1. The van der Waals surface area contributed by atoms with E-state index in [4.69, 9.17) is 9.47 Å². The topological polar surface area (TPSA) is 59.0 Å². The summed E-state index contributed by atoms with van der Waals surface area (Å²) in [6, 6.07) is 5.85. The highest BCUT2D eigenvalue weighted by molar-refractivity contribution is 5.76. The number of aliphatic hydroxyl groups is 1. The van der Waals surface area contributed by atoms with E-state index in [0.29, 0.717) is 13.0 Å². The van der Waals surface area contributed by atoms with Crippen LogP contribution in [0.15, 0.2) is 18.2 Å².